The van der Waals surface area contributed by atoms with Gasteiger partial charge in [0.2, 0.25) is 17.7 Å². The number of aliphatic hydroxyl groups excluding tert-OH is 1. The second-order valence-electron chi connectivity index (χ2n) is 15.4. The number of amides is 3. The molecule has 0 aromatic heterocycles. The van der Waals surface area contributed by atoms with Gasteiger partial charge in [0.25, 0.3) is 0 Å². The average molecular weight is 729 g/mol. The van der Waals surface area contributed by atoms with Crippen LogP contribution in [0.1, 0.15) is 85.3 Å². The fourth-order valence-electron chi connectivity index (χ4n) is 8.30. The number of hydrogen-bond donors (Lipinski definition) is 2. The number of hydrogen-bond acceptors (Lipinski definition) is 7. The molecule has 48 heavy (non-hydrogen) atoms. The Morgan fingerprint density at radius 2 is 1.71 bits per heavy atom. The fourth-order valence-corrected chi connectivity index (χ4v) is 9.03. The second kappa shape index (κ2) is 14.1. The van der Waals surface area contributed by atoms with E-state index in [1.54, 1.807) is 11.8 Å². The molecule has 0 unspecified atom stereocenters. The van der Waals surface area contributed by atoms with Crippen LogP contribution in [0.5, 0.6) is 0 Å². The Kier molecular flexibility index (Phi) is 10.6. The molecule has 5 rings (SSSR count). The number of ether oxygens (including phenoxy) is 2. The lowest BCUT2D eigenvalue weighted by Gasteiger charge is -2.45. The molecule has 5 bridgehead atoms. The van der Waals surface area contributed by atoms with Crippen LogP contribution in [0.25, 0.3) is 0 Å². The quantitative estimate of drug-likeness (QED) is 0.235. The smallest absolute Gasteiger partial charge is 0.313 e. The lowest BCUT2D eigenvalue weighted by atomic mass is 9.74. The molecule has 1 aromatic carbocycles. The molecule has 2 fully saturated rings. The number of aliphatic hydroxyl groups is 1. The highest BCUT2D eigenvalue weighted by molar-refractivity contribution is 9.11. The minimum atomic E-state index is -1.39. The third-order valence-electron chi connectivity index (χ3n) is 9.91. The molecule has 4 aliphatic heterocycles. The molecule has 0 radical (unpaired) electrons. The lowest BCUT2D eigenvalue weighted by Crippen LogP contribution is -2.60. The Hall–Kier alpha value is -3.02. The molecular weight excluding hydrogens is 678 g/mol. The van der Waals surface area contributed by atoms with Crippen LogP contribution in [0.4, 0.5) is 0 Å². The van der Waals surface area contributed by atoms with Gasteiger partial charge in [-0.3, -0.25) is 19.2 Å². The third kappa shape index (κ3) is 7.01. The topological polar surface area (TPSA) is 125 Å². The number of halogens is 1. The summed E-state index contributed by atoms with van der Waals surface area (Å²) in [5.74, 6) is -3.42. The summed E-state index contributed by atoms with van der Waals surface area (Å²) < 4.78 is 13.5. The van der Waals surface area contributed by atoms with E-state index in [1.807, 2.05) is 67.3 Å². The maximum atomic E-state index is 15.1. The SMILES string of the molecule is C[C@H]1NC(=O)CC/C=C\CN(C(C)(C)CC(C)(C)C)C(=O)[C@@H]2N(CCCCO)C(=O)[C@H]3[C@H](C(=O)O[C@@H]1c1ccccc1)[C@H]1O[C@@]23C=C1Br. The minimum Gasteiger partial charge on any atom is -0.455 e. The number of carbonyl (C=O) groups excluding carboxylic acids is 4. The summed E-state index contributed by atoms with van der Waals surface area (Å²) >= 11 is 3.63. The highest BCUT2D eigenvalue weighted by Crippen LogP contribution is 2.59. The zero-order valence-electron chi connectivity index (χ0n) is 28.9. The zero-order chi connectivity index (χ0) is 35.0. The van der Waals surface area contributed by atoms with Crippen LogP contribution < -0.4 is 5.32 Å². The Labute approximate surface area is 292 Å². The van der Waals surface area contributed by atoms with Crippen molar-refractivity contribution in [2.75, 3.05) is 19.7 Å². The normalized spacial score (nSPS) is 32.2. The summed E-state index contributed by atoms with van der Waals surface area (Å²) in [5.41, 5.74) is -1.42. The maximum absolute atomic E-state index is 15.1. The monoisotopic (exact) mass is 727 g/mol. The Morgan fingerprint density at radius 1 is 1.00 bits per heavy atom. The average Bonchev–Trinajstić information content (AvgIpc) is 3.59. The molecule has 2 N–H and O–H groups in total. The Bertz CT molecular complexity index is 1450. The van der Waals surface area contributed by atoms with Crippen molar-refractivity contribution in [2.45, 2.75) is 109 Å². The van der Waals surface area contributed by atoms with E-state index in [0.717, 1.165) is 0 Å². The van der Waals surface area contributed by atoms with Crippen LogP contribution in [-0.4, -0.2) is 87.6 Å². The van der Waals surface area contributed by atoms with E-state index in [-0.39, 0.29) is 49.3 Å². The molecule has 11 heteroatoms. The van der Waals surface area contributed by atoms with Gasteiger partial charge in [-0.2, -0.15) is 0 Å². The van der Waals surface area contributed by atoms with E-state index in [4.69, 9.17) is 9.47 Å². The standard InChI is InChI=1S/C37H50BrN3O7/c1-23-29(24-15-9-7-10-16-24)47-34(46)27-28-32(44)40(18-13-14-20-42)31(37(28)21-25(38)30(27)48-37)33(45)41(36(5,6)22-35(2,3)4)19-12-8-11-17-26(43)39-23/h7-10,12,15-16,21,23,27-31,42H,11,13-14,17-20,22H2,1-6H3,(H,39,43)/b12-8-/t23-,27+,28-,29+,30+,31+,37-/m1/s1. The molecule has 1 aromatic rings. The molecule has 1 spiro atoms. The molecule has 4 aliphatic rings. The van der Waals surface area contributed by atoms with Gasteiger partial charge in [-0.05, 0) is 63.5 Å². The summed E-state index contributed by atoms with van der Waals surface area (Å²) in [7, 11) is 0. The number of nitrogens with one attached hydrogen (secondary N) is 1. The molecule has 2 saturated heterocycles. The fraction of sp³-hybridized carbons (Fsp3) is 0.622. The number of allylic oxidation sites excluding steroid dienone is 1. The van der Waals surface area contributed by atoms with E-state index in [1.165, 1.54) is 0 Å². The van der Waals surface area contributed by atoms with Crippen LogP contribution in [-0.2, 0) is 28.7 Å². The van der Waals surface area contributed by atoms with Crippen molar-refractivity contribution in [3.63, 3.8) is 0 Å². The van der Waals surface area contributed by atoms with Gasteiger partial charge >= 0.3 is 5.97 Å². The number of likely N-dealkylation sites (tertiary alicyclic amines) is 1. The number of benzene rings is 1. The molecule has 3 amide bonds. The summed E-state index contributed by atoms with van der Waals surface area (Å²) in [5, 5.41) is 12.6. The summed E-state index contributed by atoms with van der Waals surface area (Å²) in [6.07, 6.45) is 6.32. The van der Waals surface area contributed by atoms with Crippen molar-refractivity contribution in [1.82, 2.24) is 15.1 Å². The number of esters is 1. The van der Waals surface area contributed by atoms with Crippen LogP contribution in [0.3, 0.4) is 0 Å². The van der Waals surface area contributed by atoms with E-state index in [0.29, 0.717) is 35.7 Å². The Balaban J connectivity index is 1.63. The van der Waals surface area contributed by atoms with Crippen molar-refractivity contribution >= 4 is 39.6 Å². The van der Waals surface area contributed by atoms with E-state index in [2.05, 4.69) is 42.0 Å². The summed E-state index contributed by atoms with van der Waals surface area (Å²) in [4.78, 5) is 60.5. The number of nitrogens with zero attached hydrogens (tertiary/aromatic N) is 2. The number of fused-ring (bicyclic) bond motifs is 2. The van der Waals surface area contributed by atoms with Crippen LogP contribution in [0.15, 0.2) is 53.0 Å². The van der Waals surface area contributed by atoms with Gasteiger partial charge in [-0.15, -0.1) is 0 Å². The van der Waals surface area contributed by atoms with Gasteiger partial charge in [0.15, 0.2) is 0 Å². The maximum Gasteiger partial charge on any atom is 0.313 e. The van der Waals surface area contributed by atoms with Crippen LogP contribution in [0.2, 0.25) is 0 Å². The first-order valence-corrected chi connectivity index (χ1v) is 17.9. The molecule has 0 aliphatic carbocycles. The highest BCUT2D eigenvalue weighted by Gasteiger charge is 2.75. The highest BCUT2D eigenvalue weighted by atomic mass is 79.9. The van der Waals surface area contributed by atoms with Gasteiger partial charge < -0.3 is 29.7 Å². The van der Waals surface area contributed by atoms with Crippen LogP contribution >= 0.6 is 15.9 Å². The second-order valence-corrected chi connectivity index (χ2v) is 16.3. The summed E-state index contributed by atoms with van der Waals surface area (Å²) in [6.45, 7) is 12.7. The van der Waals surface area contributed by atoms with E-state index in [9.17, 15) is 19.5 Å². The Morgan fingerprint density at radius 3 is 2.38 bits per heavy atom. The van der Waals surface area contributed by atoms with Gasteiger partial charge in [0.1, 0.15) is 29.8 Å². The first-order chi connectivity index (χ1) is 22.6. The van der Waals surface area contributed by atoms with Crippen LogP contribution in [0, 0.1) is 17.3 Å². The van der Waals surface area contributed by atoms with Crippen molar-refractivity contribution in [3.8, 4) is 0 Å². The largest absolute Gasteiger partial charge is 0.455 e. The molecule has 0 saturated carbocycles. The lowest BCUT2D eigenvalue weighted by molar-refractivity contribution is -0.161. The molecule has 10 nitrogen and oxygen atoms in total. The third-order valence-corrected chi connectivity index (χ3v) is 10.6. The molecule has 4 heterocycles. The predicted molar refractivity (Wildman–Crippen MR) is 185 cm³/mol. The van der Waals surface area contributed by atoms with E-state index < -0.39 is 53.2 Å². The van der Waals surface area contributed by atoms with Gasteiger partial charge in [0, 0.05) is 36.1 Å². The summed E-state index contributed by atoms with van der Waals surface area (Å²) in [6, 6.07) is 7.63. The number of unbranched alkanes of at least 4 members (excludes halogenated alkanes) is 1. The van der Waals surface area contributed by atoms with Gasteiger partial charge in [-0.25, -0.2) is 0 Å². The van der Waals surface area contributed by atoms with Crippen molar-refractivity contribution in [3.05, 3.63) is 58.6 Å². The first-order valence-electron chi connectivity index (χ1n) is 17.1. The zero-order valence-corrected chi connectivity index (χ0v) is 30.5. The van der Waals surface area contributed by atoms with Gasteiger partial charge in [0.05, 0.1) is 12.0 Å². The van der Waals surface area contributed by atoms with Crippen molar-refractivity contribution < 1.29 is 33.8 Å². The first kappa shape index (κ1) is 36.3. The van der Waals surface area contributed by atoms with Gasteiger partial charge in [-0.1, -0.05) is 79.2 Å². The minimum absolute atomic E-state index is 0.0423. The number of cyclic esters (lactones) is 1. The van der Waals surface area contributed by atoms with E-state index >= 15 is 4.79 Å². The van der Waals surface area contributed by atoms with Crippen molar-refractivity contribution in [2.24, 2.45) is 17.3 Å². The number of rotatable bonds is 7. The van der Waals surface area contributed by atoms with Crippen molar-refractivity contribution in [1.29, 1.82) is 0 Å². The number of carbonyl (C=O) groups is 4. The molecule has 262 valence electrons. The molecule has 7 atom stereocenters. The molecular formula is C37H50BrN3O7. The predicted octanol–water partition coefficient (Wildman–Crippen LogP) is 4.81.